The van der Waals surface area contributed by atoms with Crippen molar-refractivity contribution >= 4 is 5.97 Å². The molecule has 0 aromatic carbocycles. The highest BCUT2D eigenvalue weighted by atomic mass is 16.5. The topological polar surface area (TPSA) is 49.8 Å². The Hall–Kier alpha value is -0.610. The number of likely N-dealkylation sites (N-methyl/N-ethyl adjacent to an activating group) is 1. The van der Waals surface area contributed by atoms with Gasteiger partial charge in [-0.15, -0.1) is 0 Å². The summed E-state index contributed by atoms with van der Waals surface area (Å²) in [5, 5.41) is 8.59. The van der Waals surface area contributed by atoms with Gasteiger partial charge >= 0.3 is 5.97 Å². The first-order chi connectivity index (χ1) is 5.11. The van der Waals surface area contributed by atoms with Crippen LogP contribution >= 0.6 is 0 Å². The SMILES string of the molecule is CC1CO[C@H](C(=O)O)CN1C. The third-order valence-electron chi connectivity index (χ3n) is 2.02. The number of nitrogens with zero attached hydrogens (tertiary/aromatic N) is 1. The molecule has 1 fully saturated rings. The summed E-state index contributed by atoms with van der Waals surface area (Å²) >= 11 is 0. The van der Waals surface area contributed by atoms with Crippen molar-refractivity contribution in [2.24, 2.45) is 0 Å². The summed E-state index contributed by atoms with van der Waals surface area (Å²) in [5.74, 6) is -0.872. The Kier molecular flexibility index (Phi) is 2.46. The number of aliphatic carboxylic acids is 1. The molecule has 1 aliphatic rings. The van der Waals surface area contributed by atoms with E-state index in [-0.39, 0.29) is 0 Å². The maximum atomic E-state index is 10.5. The van der Waals surface area contributed by atoms with Crippen LogP contribution < -0.4 is 0 Å². The average Bonchev–Trinajstić information content (AvgIpc) is 1.94. The molecule has 4 heteroatoms. The van der Waals surface area contributed by atoms with Gasteiger partial charge in [-0.1, -0.05) is 0 Å². The van der Waals surface area contributed by atoms with Crippen molar-refractivity contribution in [3.8, 4) is 0 Å². The van der Waals surface area contributed by atoms with Crippen molar-refractivity contribution < 1.29 is 14.6 Å². The summed E-state index contributed by atoms with van der Waals surface area (Å²) in [4.78, 5) is 12.4. The molecule has 4 nitrogen and oxygen atoms in total. The van der Waals surface area contributed by atoms with Gasteiger partial charge in [0, 0.05) is 12.6 Å². The Balaban J connectivity index is 2.46. The molecule has 0 spiro atoms. The highest BCUT2D eigenvalue weighted by Crippen LogP contribution is 2.08. The second kappa shape index (κ2) is 3.19. The van der Waals surface area contributed by atoms with Crippen molar-refractivity contribution in [1.29, 1.82) is 0 Å². The predicted octanol–water partition coefficient (Wildman–Crippen LogP) is -0.210. The average molecular weight is 159 g/mol. The molecular weight excluding hydrogens is 146 g/mol. The van der Waals surface area contributed by atoms with E-state index in [1.807, 2.05) is 18.9 Å². The molecular formula is C7H13NO3. The first-order valence-corrected chi connectivity index (χ1v) is 3.66. The van der Waals surface area contributed by atoms with E-state index < -0.39 is 12.1 Å². The molecule has 2 atom stereocenters. The lowest BCUT2D eigenvalue weighted by molar-refractivity contribution is -0.157. The number of carboxylic acids is 1. The van der Waals surface area contributed by atoms with E-state index >= 15 is 0 Å². The molecule has 1 heterocycles. The summed E-state index contributed by atoms with van der Waals surface area (Å²) in [5.41, 5.74) is 0. The minimum Gasteiger partial charge on any atom is -0.479 e. The van der Waals surface area contributed by atoms with E-state index in [0.717, 1.165) is 0 Å². The molecule has 1 aliphatic heterocycles. The van der Waals surface area contributed by atoms with Crippen molar-refractivity contribution in [1.82, 2.24) is 4.90 Å². The van der Waals surface area contributed by atoms with E-state index in [1.165, 1.54) is 0 Å². The molecule has 1 N–H and O–H groups in total. The Morgan fingerprint density at radius 2 is 2.36 bits per heavy atom. The van der Waals surface area contributed by atoms with Crippen LogP contribution in [0.25, 0.3) is 0 Å². The third kappa shape index (κ3) is 1.91. The summed E-state index contributed by atoms with van der Waals surface area (Å²) in [6.07, 6.45) is -0.642. The fraction of sp³-hybridized carbons (Fsp3) is 0.857. The van der Waals surface area contributed by atoms with E-state index in [9.17, 15) is 4.79 Å². The second-order valence-corrected chi connectivity index (χ2v) is 2.95. The van der Waals surface area contributed by atoms with Crippen LogP contribution in [0.15, 0.2) is 0 Å². The minimum atomic E-state index is -0.872. The van der Waals surface area contributed by atoms with E-state index in [2.05, 4.69) is 0 Å². The summed E-state index contributed by atoms with van der Waals surface area (Å²) in [6.45, 7) is 3.00. The van der Waals surface area contributed by atoms with Gasteiger partial charge in [0.05, 0.1) is 6.61 Å². The van der Waals surface area contributed by atoms with Gasteiger partial charge in [-0.25, -0.2) is 4.79 Å². The van der Waals surface area contributed by atoms with Gasteiger partial charge < -0.3 is 9.84 Å². The third-order valence-corrected chi connectivity index (χ3v) is 2.02. The number of carboxylic acid groups (broad SMARTS) is 1. The van der Waals surface area contributed by atoms with Crippen LogP contribution in [0.4, 0.5) is 0 Å². The highest BCUT2D eigenvalue weighted by molar-refractivity contribution is 5.72. The van der Waals surface area contributed by atoms with E-state index in [4.69, 9.17) is 9.84 Å². The zero-order chi connectivity index (χ0) is 8.43. The van der Waals surface area contributed by atoms with Crippen LogP contribution in [0.3, 0.4) is 0 Å². The first kappa shape index (κ1) is 8.49. The van der Waals surface area contributed by atoms with Crippen LogP contribution in [0.2, 0.25) is 0 Å². The Morgan fingerprint density at radius 1 is 1.73 bits per heavy atom. The van der Waals surface area contributed by atoms with Crippen LogP contribution in [-0.2, 0) is 9.53 Å². The number of rotatable bonds is 1. The van der Waals surface area contributed by atoms with E-state index in [1.54, 1.807) is 0 Å². The second-order valence-electron chi connectivity index (χ2n) is 2.95. The zero-order valence-corrected chi connectivity index (χ0v) is 6.78. The molecule has 0 aromatic rings. The maximum absolute atomic E-state index is 10.5. The number of hydrogen-bond donors (Lipinski definition) is 1. The highest BCUT2D eigenvalue weighted by Gasteiger charge is 2.27. The fourth-order valence-electron chi connectivity index (χ4n) is 1.03. The van der Waals surface area contributed by atoms with Crippen molar-refractivity contribution in [3.63, 3.8) is 0 Å². The smallest absolute Gasteiger partial charge is 0.334 e. The zero-order valence-electron chi connectivity index (χ0n) is 6.78. The Bertz CT molecular complexity index is 160. The number of morpholine rings is 1. The minimum absolute atomic E-state index is 0.325. The van der Waals surface area contributed by atoms with E-state index in [0.29, 0.717) is 19.2 Å². The lowest BCUT2D eigenvalue weighted by Crippen LogP contribution is -2.48. The summed E-state index contributed by atoms with van der Waals surface area (Å²) in [6, 6.07) is 0.325. The van der Waals surface area contributed by atoms with Gasteiger partial charge in [0.2, 0.25) is 0 Å². The number of ether oxygens (including phenoxy) is 1. The molecule has 11 heavy (non-hydrogen) atoms. The van der Waals surface area contributed by atoms with Gasteiger partial charge in [0.25, 0.3) is 0 Å². The molecule has 1 saturated heterocycles. The quantitative estimate of drug-likeness (QED) is 0.575. The molecule has 1 rings (SSSR count). The number of hydrogen-bond acceptors (Lipinski definition) is 3. The molecule has 0 bridgehead atoms. The van der Waals surface area contributed by atoms with Crippen LogP contribution in [0.1, 0.15) is 6.92 Å². The molecule has 64 valence electrons. The Labute approximate surface area is 65.8 Å². The molecule has 0 aromatic heterocycles. The normalized spacial score (nSPS) is 33.6. The van der Waals surface area contributed by atoms with Gasteiger partial charge in [-0.3, -0.25) is 4.90 Å². The van der Waals surface area contributed by atoms with Crippen LogP contribution in [0, 0.1) is 0 Å². The van der Waals surface area contributed by atoms with Crippen molar-refractivity contribution in [2.45, 2.75) is 19.1 Å². The van der Waals surface area contributed by atoms with Crippen molar-refractivity contribution in [3.05, 3.63) is 0 Å². The van der Waals surface area contributed by atoms with Gasteiger partial charge in [0.15, 0.2) is 6.10 Å². The molecule has 0 aliphatic carbocycles. The molecule has 0 saturated carbocycles. The first-order valence-electron chi connectivity index (χ1n) is 3.66. The Morgan fingerprint density at radius 3 is 2.82 bits per heavy atom. The lowest BCUT2D eigenvalue weighted by atomic mass is 10.2. The summed E-state index contributed by atoms with van der Waals surface area (Å²) < 4.78 is 5.08. The largest absolute Gasteiger partial charge is 0.479 e. The lowest BCUT2D eigenvalue weighted by Gasteiger charge is -2.33. The monoisotopic (exact) mass is 159 g/mol. The van der Waals surface area contributed by atoms with Gasteiger partial charge in [0.1, 0.15) is 0 Å². The molecule has 1 unspecified atom stereocenters. The molecule has 0 radical (unpaired) electrons. The maximum Gasteiger partial charge on any atom is 0.334 e. The van der Waals surface area contributed by atoms with Gasteiger partial charge in [-0.05, 0) is 14.0 Å². The molecule has 0 amide bonds. The predicted molar refractivity (Wildman–Crippen MR) is 39.5 cm³/mol. The fourth-order valence-corrected chi connectivity index (χ4v) is 1.03. The summed E-state index contributed by atoms with van der Waals surface area (Å²) in [7, 11) is 1.91. The van der Waals surface area contributed by atoms with Crippen LogP contribution in [0.5, 0.6) is 0 Å². The number of carbonyl (C=O) groups is 1. The van der Waals surface area contributed by atoms with Crippen molar-refractivity contribution in [2.75, 3.05) is 20.2 Å². The van der Waals surface area contributed by atoms with Gasteiger partial charge in [-0.2, -0.15) is 0 Å². The van der Waals surface area contributed by atoms with Crippen LogP contribution in [-0.4, -0.2) is 48.3 Å². The standard InChI is InChI=1S/C7H13NO3/c1-5-4-11-6(7(9)10)3-8(5)2/h5-6H,3-4H2,1-2H3,(H,9,10)/t5?,6-/m0/s1.